The minimum atomic E-state index is -0.573. The zero-order valence-electron chi connectivity index (χ0n) is 16.0. The number of nitro benzene ring substituents is 1. The molecule has 0 radical (unpaired) electrons. The fourth-order valence-electron chi connectivity index (χ4n) is 2.91. The molecular formula is C22H12BrClIN3O4. The molecule has 1 amide bonds. The Balaban J connectivity index is 1.52. The van der Waals surface area contributed by atoms with Gasteiger partial charge < -0.3 is 9.73 Å². The number of benzene rings is 3. The van der Waals surface area contributed by atoms with Crippen molar-refractivity contribution in [3.05, 3.63) is 89.4 Å². The lowest BCUT2D eigenvalue weighted by Crippen LogP contribution is -2.07. The van der Waals surface area contributed by atoms with E-state index in [1.54, 1.807) is 24.3 Å². The van der Waals surface area contributed by atoms with Crippen LogP contribution in [0, 0.1) is 13.7 Å². The van der Waals surface area contributed by atoms with E-state index in [-0.39, 0.29) is 10.7 Å². The van der Waals surface area contributed by atoms with Gasteiger partial charge in [-0.25, -0.2) is 4.98 Å². The summed E-state index contributed by atoms with van der Waals surface area (Å²) in [5.74, 6) is 0.0733. The summed E-state index contributed by atoms with van der Waals surface area (Å²) in [6.07, 6.45) is 2.76. The summed E-state index contributed by atoms with van der Waals surface area (Å²) < 4.78 is 7.77. The van der Waals surface area contributed by atoms with Gasteiger partial charge in [-0.1, -0.05) is 17.7 Å². The first kappa shape index (κ1) is 22.4. The Morgan fingerprint density at radius 3 is 2.78 bits per heavy atom. The highest BCUT2D eigenvalue weighted by Gasteiger charge is 2.14. The molecule has 0 aliphatic rings. The molecule has 0 bridgehead atoms. The molecular weight excluding hydrogens is 613 g/mol. The number of fused-ring (bicyclic) bond motifs is 1. The van der Waals surface area contributed by atoms with Crippen LogP contribution in [0.1, 0.15) is 5.56 Å². The smallest absolute Gasteiger partial charge is 0.288 e. The Morgan fingerprint density at radius 1 is 1.19 bits per heavy atom. The molecule has 4 rings (SSSR count). The standard InChI is InChI=1S/C22H12BrClIN3O4/c23-16-5-3-13(25)10-15(16)22-27-18-11-14(4-7-20(18)32-22)26-21(29)8-2-12-1-6-17(24)19(9-12)28(30)31/h1-11H,(H,26,29)/b8-2+. The second-order valence-electron chi connectivity index (χ2n) is 6.62. The van der Waals surface area contributed by atoms with Crippen LogP contribution in [0.2, 0.25) is 5.02 Å². The van der Waals surface area contributed by atoms with Crippen molar-refractivity contribution in [3.63, 3.8) is 0 Å². The normalized spacial score (nSPS) is 11.2. The second kappa shape index (κ2) is 9.39. The number of amides is 1. The maximum absolute atomic E-state index is 12.3. The summed E-state index contributed by atoms with van der Waals surface area (Å²) >= 11 is 11.5. The lowest BCUT2D eigenvalue weighted by Gasteiger charge is -2.01. The number of oxazole rings is 1. The Labute approximate surface area is 208 Å². The predicted octanol–water partition coefficient (Wildman–Crippen LogP) is 7.08. The van der Waals surface area contributed by atoms with E-state index in [0.717, 1.165) is 13.6 Å². The molecule has 4 aromatic rings. The molecule has 0 fully saturated rings. The molecule has 32 heavy (non-hydrogen) atoms. The number of hydrogen-bond acceptors (Lipinski definition) is 5. The van der Waals surface area contributed by atoms with Crippen molar-refractivity contribution in [2.45, 2.75) is 0 Å². The van der Waals surface area contributed by atoms with Crippen LogP contribution in [0.15, 0.2) is 69.6 Å². The third kappa shape index (κ3) is 5.00. The number of nitrogens with one attached hydrogen (secondary N) is 1. The molecule has 3 aromatic carbocycles. The number of anilines is 1. The van der Waals surface area contributed by atoms with Crippen LogP contribution < -0.4 is 5.32 Å². The van der Waals surface area contributed by atoms with Gasteiger partial charge in [0.25, 0.3) is 5.69 Å². The van der Waals surface area contributed by atoms with Gasteiger partial charge in [-0.3, -0.25) is 14.9 Å². The minimum absolute atomic E-state index is 0.0362. The van der Waals surface area contributed by atoms with Gasteiger partial charge in [0.2, 0.25) is 11.8 Å². The molecule has 0 unspecified atom stereocenters. The number of aromatic nitrogens is 1. The summed E-state index contributed by atoms with van der Waals surface area (Å²) in [6, 6.07) is 15.3. The van der Waals surface area contributed by atoms with Gasteiger partial charge in [0.1, 0.15) is 10.5 Å². The van der Waals surface area contributed by atoms with Crippen molar-refractivity contribution < 1.29 is 14.1 Å². The molecule has 0 saturated carbocycles. The number of rotatable bonds is 5. The Kier molecular flexibility index (Phi) is 6.58. The zero-order chi connectivity index (χ0) is 22.8. The first-order valence-electron chi connectivity index (χ1n) is 9.09. The van der Waals surface area contributed by atoms with Crippen LogP contribution in [0.5, 0.6) is 0 Å². The molecule has 0 saturated heterocycles. The van der Waals surface area contributed by atoms with Crippen molar-refractivity contribution >= 4 is 84.6 Å². The fraction of sp³-hybridized carbons (Fsp3) is 0. The summed E-state index contributed by atoms with van der Waals surface area (Å²) in [6.45, 7) is 0. The number of halogens is 3. The average Bonchev–Trinajstić information content (AvgIpc) is 3.18. The fourth-order valence-corrected chi connectivity index (χ4v) is 4.00. The number of nitrogens with zero attached hydrogens (tertiary/aromatic N) is 2. The Bertz CT molecular complexity index is 1400. The van der Waals surface area contributed by atoms with Gasteiger partial charge in [0.15, 0.2) is 5.58 Å². The summed E-state index contributed by atoms with van der Waals surface area (Å²) in [7, 11) is 0. The molecule has 1 heterocycles. The molecule has 1 N–H and O–H groups in total. The third-order valence-electron chi connectivity index (χ3n) is 4.41. The third-order valence-corrected chi connectivity index (χ3v) is 6.09. The van der Waals surface area contributed by atoms with Gasteiger partial charge in [-0.2, -0.15) is 0 Å². The van der Waals surface area contributed by atoms with E-state index in [1.807, 2.05) is 18.2 Å². The van der Waals surface area contributed by atoms with E-state index in [2.05, 4.69) is 48.8 Å². The van der Waals surface area contributed by atoms with E-state index in [1.165, 1.54) is 24.3 Å². The highest BCUT2D eigenvalue weighted by molar-refractivity contribution is 14.1. The molecule has 0 atom stereocenters. The second-order valence-corrected chi connectivity index (χ2v) is 9.12. The number of carbonyl (C=O) groups excluding carboxylic acids is 1. The Hall–Kier alpha value is -2.76. The lowest BCUT2D eigenvalue weighted by atomic mass is 10.2. The van der Waals surface area contributed by atoms with Crippen LogP contribution >= 0.6 is 50.1 Å². The molecule has 0 spiro atoms. The van der Waals surface area contributed by atoms with Crippen molar-refractivity contribution in [2.24, 2.45) is 0 Å². The summed E-state index contributed by atoms with van der Waals surface area (Å²) in [5, 5.41) is 13.8. The number of hydrogen-bond donors (Lipinski definition) is 1. The van der Waals surface area contributed by atoms with Crippen LogP contribution in [0.25, 0.3) is 28.6 Å². The molecule has 7 nitrogen and oxygen atoms in total. The van der Waals surface area contributed by atoms with Crippen molar-refractivity contribution in [3.8, 4) is 11.5 Å². The van der Waals surface area contributed by atoms with Gasteiger partial charge in [0.05, 0.1) is 10.5 Å². The summed E-state index contributed by atoms with van der Waals surface area (Å²) in [4.78, 5) is 27.3. The maximum Gasteiger partial charge on any atom is 0.288 e. The molecule has 0 aliphatic carbocycles. The molecule has 1 aromatic heterocycles. The van der Waals surface area contributed by atoms with E-state index in [0.29, 0.717) is 28.2 Å². The highest BCUT2D eigenvalue weighted by Crippen LogP contribution is 2.32. The lowest BCUT2D eigenvalue weighted by molar-refractivity contribution is -0.384. The van der Waals surface area contributed by atoms with E-state index in [4.69, 9.17) is 16.0 Å². The first-order chi connectivity index (χ1) is 15.3. The van der Waals surface area contributed by atoms with Crippen molar-refractivity contribution in [1.29, 1.82) is 0 Å². The predicted molar refractivity (Wildman–Crippen MR) is 136 cm³/mol. The molecule has 0 aliphatic heterocycles. The van der Waals surface area contributed by atoms with Gasteiger partial charge in [-0.05, 0) is 92.6 Å². The van der Waals surface area contributed by atoms with Gasteiger partial charge >= 0.3 is 0 Å². The van der Waals surface area contributed by atoms with Gasteiger partial charge in [-0.15, -0.1) is 0 Å². The van der Waals surface area contributed by atoms with Crippen LogP contribution in [-0.4, -0.2) is 15.8 Å². The van der Waals surface area contributed by atoms with Crippen LogP contribution in [0.4, 0.5) is 11.4 Å². The van der Waals surface area contributed by atoms with Gasteiger partial charge in [0, 0.05) is 25.9 Å². The summed E-state index contributed by atoms with van der Waals surface area (Å²) in [5.41, 5.74) is 2.82. The van der Waals surface area contributed by atoms with Crippen LogP contribution in [0.3, 0.4) is 0 Å². The van der Waals surface area contributed by atoms with Crippen LogP contribution in [-0.2, 0) is 4.79 Å². The largest absolute Gasteiger partial charge is 0.436 e. The Morgan fingerprint density at radius 2 is 2.00 bits per heavy atom. The minimum Gasteiger partial charge on any atom is -0.436 e. The van der Waals surface area contributed by atoms with Crippen molar-refractivity contribution in [2.75, 3.05) is 5.32 Å². The van der Waals surface area contributed by atoms with E-state index in [9.17, 15) is 14.9 Å². The van der Waals surface area contributed by atoms with E-state index >= 15 is 0 Å². The number of carbonyl (C=O) groups is 1. The number of nitro groups is 1. The zero-order valence-corrected chi connectivity index (χ0v) is 20.5. The molecule has 10 heteroatoms. The maximum atomic E-state index is 12.3. The SMILES string of the molecule is O=C(/C=C/c1ccc(Cl)c([N+](=O)[O-])c1)Nc1ccc2oc(-c3cc(I)ccc3Br)nc2c1. The average molecular weight is 625 g/mol. The first-order valence-corrected chi connectivity index (χ1v) is 11.3. The monoisotopic (exact) mass is 623 g/mol. The topological polar surface area (TPSA) is 98.3 Å². The van der Waals surface area contributed by atoms with Crippen molar-refractivity contribution in [1.82, 2.24) is 4.98 Å². The quantitative estimate of drug-likeness (QED) is 0.111. The molecule has 160 valence electrons. The highest BCUT2D eigenvalue weighted by atomic mass is 127. The van der Waals surface area contributed by atoms with E-state index < -0.39 is 10.8 Å².